The van der Waals surface area contributed by atoms with E-state index in [1.165, 1.54) is 0 Å². The Kier molecular flexibility index (Phi) is 20.3. The van der Waals surface area contributed by atoms with Gasteiger partial charge in [-0.15, -0.1) is 11.8 Å². The average molecular weight is 1020 g/mol. The Morgan fingerprint density at radius 2 is 0.915 bits per heavy atom. The molecule has 2 fully saturated rings. The van der Waals surface area contributed by atoms with Crippen LogP contribution in [0.15, 0.2) is 0 Å². The van der Waals surface area contributed by atoms with Gasteiger partial charge in [0.05, 0.1) is 38.2 Å². The summed E-state index contributed by atoms with van der Waals surface area (Å²) >= 11 is 0.684. The molecule has 27 nitrogen and oxygen atoms in total. The molecule has 3 N–H and O–H groups in total. The van der Waals surface area contributed by atoms with Crippen LogP contribution in [-0.4, -0.2) is 177 Å². The molecule has 0 spiro atoms. The normalized spacial score (nSPS) is 29.4. The fourth-order valence-corrected chi connectivity index (χ4v) is 10.3. The van der Waals surface area contributed by atoms with Gasteiger partial charge >= 0.3 is 31.2 Å². The molecular formula is C24H46O27S8. The van der Waals surface area contributed by atoms with Gasteiger partial charge in [0.15, 0.2) is 12.4 Å². The van der Waals surface area contributed by atoms with Gasteiger partial charge in [-0.3, -0.25) is 30.4 Å². The van der Waals surface area contributed by atoms with Gasteiger partial charge < -0.3 is 14.2 Å². The summed E-state index contributed by atoms with van der Waals surface area (Å²) in [5.74, 6) is 0.0718. The zero-order valence-electron chi connectivity index (χ0n) is 31.5. The van der Waals surface area contributed by atoms with Gasteiger partial charge in [-0.1, -0.05) is 39.0 Å². The van der Waals surface area contributed by atoms with Crippen LogP contribution in [0.2, 0.25) is 0 Å². The van der Waals surface area contributed by atoms with Crippen molar-refractivity contribution < 1.29 is 116 Å². The predicted octanol–water partition coefficient (Wildman–Crippen LogP) is -1.88. The molecule has 0 bridgehead atoms. The number of thioether (sulfide) groups is 1. The summed E-state index contributed by atoms with van der Waals surface area (Å²) in [6.07, 6.45) is -16.2. The third-order valence-electron chi connectivity index (χ3n) is 7.40. The Morgan fingerprint density at radius 1 is 0.475 bits per heavy atom. The second kappa shape index (κ2) is 21.9. The molecule has 0 aromatic rings. The molecule has 0 radical (unpaired) electrons. The van der Waals surface area contributed by atoms with Crippen molar-refractivity contribution in [1.29, 1.82) is 0 Å². The minimum Gasteiger partial charge on any atom is -0.356 e. The summed E-state index contributed by atoms with van der Waals surface area (Å²) in [5.41, 5.74) is -1.82. The lowest BCUT2D eigenvalue weighted by atomic mass is 9.97. The largest absolute Gasteiger partial charge is 0.397 e. The Hall–Kier alpha value is -0.520. The van der Waals surface area contributed by atoms with Crippen LogP contribution in [0.3, 0.4) is 0 Å². The van der Waals surface area contributed by atoms with E-state index >= 15 is 0 Å². The van der Waals surface area contributed by atoms with Crippen molar-refractivity contribution in [3.05, 3.63) is 0 Å². The molecule has 0 aromatic carbocycles. The van der Waals surface area contributed by atoms with E-state index in [2.05, 4.69) is 12.5 Å². The van der Waals surface area contributed by atoms with Crippen LogP contribution >= 0.6 is 11.8 Å². The highest BCUT2D eigenvalue weighted by Crippen LogP contribution is 2.39. The molecule has 2 aliphatic rings. The minimum absolute atomic E-state index is 0.0718. The number of hydrogen-bond donors (Lipinski definition) is 3. The number of unbranched alkanes of at least 4 members (excludes halogenated alkanes) is 5. The van der Waals surface area contributed by atoms with Crippen LogP contribution < -0.4 is 0 Å². The van der Waals surface area contributed by atoms with E-state index in [0.717, 1.165) is 25.7 Å². The Labute approximate surface area is 347 Å². The first kappa shape index (κ1) is 54.6. The fourth-order valence-electron chi connectivity index (χ4n) is 5.44. The zero-order valence-corrected chi connectivity index (χ0v) is 38.1. The van der Waals surface area contributed by atoms with Crippen molar-refractivity contribution in [3.8, 4) is 0 Å². The topological polar surface area (TPSA) is 392 Å². The van der Waals surface area contributed by atoms with Gasteiger partial charge in [0.25, 0.3) is 40.5 Å². The van der Waals surface area contributed by atoms with Crippen LogP contribution in [0.4, 0.5) is 0 Å². The maximum absolute atomic E-state index is 12.6. The summed E-state index contributed by atoms with van der Waals surface area (Å²) < 4.78 is 250. The van der Waals surface area contributed by atoms with Crippen LogP contribution in [0.1, 0.15) is 45.4 Å². The third-order valence-corrected chi connectivity index (χ3v) is 12.3. The molecule has 0 aliphatic carbocycles. The predicted molar refractivity (Wildman–Crippen MR) is 198 cm³/mol. The first-order chi connectivity index (χ1) is 26.6. The molecular weight excluding hydrogens is 977 g/mol. The van der Waals surface area contributed by atoms with E-state index in [4.69, 9.17) is 30.9 Å². The van der Waals surface area contributed by atoms with Gasteiger partial charge in [-0.2, -0.15) is 58.9 Å². The maximum Gasteiger partial charge on any atom is 0.397 e. The SMILES string of the molecule is CCCCCCCCS[C@@H]1O[C@H](COS(=O)(=O)O)[C@@H](O[C@@H]2O[C@H](COS(C)(=O)=O)[C@H](OS(C)(=O)=O)[C@H](OS(C)(=O)=O)[C@H]2OS(C)(=O)=O)[C@H](OS(=O)(=O)O)[C@H]1OS(=O)(=O)O. The fraction of sp³-hybridized carbons (Fsp3) is 1.00. The molecule has 10 atom stereocenters. The van der Waals surface area contributed by atoms with Gasteiger partial charge in [0, 0.05) is 0 Å². The highest BCUT2D eigenvalue weighted by molar-refractivity contribution is 7.99. The molecule has 2 saturated heterocycles. The Morgan fingerprint density at radius 3 is 1.41 bits per heavy atom. The molecule has 2 heterocycles. The maximum atomic E-state index is 12.6. The van der Waals surface area contributed by atoms with Gasteiger partial charge in [-0.25, -0.2) is 12.5 Å². The van der Waals surface area contributed by atoms with Crippen molar-refractivity contribution in [1.82, 2.24) is 0 Å². The van der Waals surface area contributed by atoms with E-state index in [1.54, 1.807) is 0 Å². The molecule has 59 heavy (non-hydrogen) atoms. The quantitative estimate of drug-likeness (QED) is 0.0485. The minimum atomic E-state index is -5.81. The summed E-state index contributed by atoms with van der Waals surface area (Å²) in [5, 5.41) is 0. The summed E-state index contributed by atoms with van der Waals surface area (Å²) in [4.78, 5) is 0. The van der Waals surface area contributed by atoms with Crippen LogP contribution in [0.5, 0.6) is 0 Å². The average Bonchev–Trinajstić information content (AvgIpc) is 3.00. The third kappa shape index (κ3) is 22.1. The smallest absolute Gasteiger partial charge is 0.356 e. The molecule has 0 unspecified atom stereocenters. The van der Waals surface area contributed by atoms with Gasteiger partial charge in [0.2, 0.25) is 0 Å². The molecule has 35 heteroatoms. The van der Waals surface area contributed by atoms with Crippen molar-refractivity contribution >= 4 is 83.4 Å². The molecule has 2 aliphatic heterocycles. The summed E-state index contributed by atoms with van der Waals surface area (Å²) in [6.45, 7) is -0.746. The zero-order chi connectivity index (χ0) is 45.4. The van der Waals surface area contributed by atoms with Crippen molar-refractivity contribution in [2.45, 2.75) is 106 Å². The summed E-state index contributed by atoms with van der Waals surface area (Å²) in [7, 11) is -35.9. The lowest BCUT2D eigenvalue weighted by molar-refractivity contribution is -0.324. The number of hydrogen-bond acceptors (Lipinski definition) is 25. The molecule has 352 valence electrons. The van der Waals surface area contributed by atoms with Crippen molar-refractivity contribution in [3.63, 3.8) is 0 Å². The van der Waals surface area contributed by atoms with Gasteiger partial charge in [0.1, 0.15) is 48.2 Å². The van der Waals surface area contributed by atoms with E-state index in [9.17, 15) is 72.6 Å². The Balaban J connectivity index is 2.89. The lowest BCUT2D eigenvalue weighted by Crippen LogP contribution is -2.66. The number of rotatable bonds is 26. The first-order valence-electron chi connectivity index (χ1n) is 16.6. The van der Waals surface area contributed by atoms with Crippen molar-refractivity contribution in [2.24, 2.45) is 0 Å². The lowest BCUT2D eigenvalue weighted by Gasteiger charge is -2.48. The highest BCUT2D eigenvalue weighted by Gasteiger charge is 2.58. The number of ether oxygens (including phenoxy) is 3. The molecule has 0 aromatic heterocycles. The highest BCUT2D eigenvalue weighted by atomic mass is 32.3. The molecule has 0 saturated carbocycles. The van der Waals surface area contributed by atoms with E-state index in [0.29, 0.717) is 49.6 Å². The van der Waals surface area contributed by atoms with Crippen LogP contribution in [0, 0.1) is 0 Å². The second-order valence-corrected chi connectivity index (χ2v) is 23.6. The summed E-state index contributed by atoms with van der Waals surface area (Å²) in [6, 6.07) is 0. The van der Waals surface area contributed by atoms with Crippen molar-refractivity contribution in [2.75, 3.05) is 44.0 Å². The first-order valence-corrected chi connectivity index (χ1v) is 29.0. The van der Waals surface area contributed by atoms with E-state index < -0.39 is 145 Å². The Bertz CT molecular complexity index is 2160. The molecule has 0 amide bonds. The van der Waals surface area contributed by atoms with Crippen LogP contribution in [0.25, 0.3) is 0 Å². The van der Waals surface area contributed by atoms with Gasteiger partial charge in [-0.05, 0) is 12.2 Å². The van der Waals surface area contributed by atoms with E-state index in [-0.39, 0.29) is 5.75 Å². The molecule has 2 rings (SSSR count). The van der Waals surface area contributed by atoms with Crippen LogP contribution in [-0.2, 0) is 115 Å². The standard InChI is InChI=1S/C24H46O27S8/c1-6-7-8-9-10-11-12-52-24-22(51-59(39,40)41)19(50-58(36,37)38)17(15(45-24)14-43-57(33,34)35)46-23-21(49-56(5,31)32)20(48-55(4,29)30)18(47-54(3,27)28)16(44-23)13-42-53(2,25)26/h15-24H,6-14H2,1-5H3,(H,33,34,35)(H,36,37,38)(H,39,40,41)/t15-,16-,17-,18+,19+,20+,21-,22-,23+,24+/m1/s1. The second-order valence-electron chi connectivity index (χ2n) is 12.8. The van der Waals surface area contributed by atoms with E-state index in [1.807, 2.05) is 6.92 Å². The monoisotopic (exact) mass is 1020 g/mol.